The van der Waals surface area contributed by atoms with Gasteiger partial charge in [0.05, 0.1) is 49.2 Å². The summed E-state index contributed by atoms with van der Waals surface area (Å²) in [5.41, 5.74) is 4.93. The van der Waals surface area contributed by atoms with E-state index in [0.29, 0.717) is 70.3 Å². The monoisotopic (exact) mass is 794 g/mol. The third kappa shape index (κ3) is 9.43. The van der Waals surface area contributed by atoms with Gasteiger partial charge < -0.3 is 49.8 Å². The van der Waals surface area contributed by atoms with E-state index in [2.05, 4.69) is 42.7 Å². The fourth-order valence-corrected chi connectivity index (χ4v) is 7.96. The Morgan fingerprint density at radius 1 is 0.810 bits per heavy atom. The van der Waals surface area contributed by atoms with Gasteiger partial charge in [-0.1, -0.05) is 24.0 Å². The van der Waals surface area contributed by atoms with Crippen molar-refractivity contribution in [2.75, 3.05) is 47.2 Å². The number of aromatic nitrogens is 4. The Balaban J connectivity index is 0.987. The lowest BCUT2D eigenvalue weighted by atomic mass is 9.90. The molecule has 16 nitrogen and oxygen atoms in total. The van der Waals surface area contributed by atoms with Crippen molar-refractivity contribution in [2.45, 2.75) is 69.6 Å². The number of aromatic amines is 2. The highest BCUT2D eigenvalue weighted by molar-refractivity contribution is 5.87. The van der Waals surface area contributed by atoms with Gasteiger partial charge in [0.1, 0.15) is 23.7 Å². The number of carbonyl (C=O) groups is 4. The first kappa shape index (κ1) is 40.3. The quantitative estimate of drug-likeness (QED) is 0.142. The minimum absolute atomic E-state index is 0.0382. The van der Waals surface area contributed by atoms with Crippen molar-refractivity contribution in [3.8, 4) is 23.1 Å². The maximum absolute atomic E-state index is 14.0. The SMILES string of the molecule is COC(=O)N[C@H](C(=O)N[C@@H](C)c1ncc(-c2ccc(C#Cc3ccc4nc([C@@H]5CCCN5C(=O)[C@@H](NC(=O)OC)C5CCOCC5)[nH]c4c3)cc2)[nH]1)C1CCOCC1. The van der Waals surface area contributed by atoms with Crippen LogP contribution in [0.15, 0.2) is 48.7 Å². The summed E-state index contributed by atoms with van der Waals surface area (Å²) in [7, 11) is 2.57. The van der Waals surface area contributed by atoms with Crippen LogP contribution in [0.5, 0.6) is 0 Å². The Morgan fingerprint density at radius 2 is 1.43 bits per heavy atom. The highest BCUT2D eigenvalue weighted by Gasteiger charge is 2.40. The maximum Gasteiger partial charge on any atom is 0.407 e. The normalized spacial score (nSPS) is 19.0. The minimum Gasteiger partial charge on any atom is -0.453 e. The Morgan fingerprint density at radius 3 is 2.10 bits per heavy atom. The minimum atomic E-state index is -0.749. The smallest absolute Gasteiger partial charge is 0.407 e. The van der Waals surface area contributed by atoms with Crippen LogP contribution < -0.4 is 16.0 Å². The van der Waals surface area contributed by atoms with Crippen molar-refractivity contribution in [2.24, 2.45) is 11.8 Å². The summed E-state index contributed by atoms with van der Waals surface area (Å²) < 4.78 is 20.6. The Kier molecular flexibility index (Phi) is 12.9. The van der Waals surface area contributed by atoms with Crippen LogP contribution in [0.3, 0.4) is 0 Å². The van der Waals surface area contributed by atoms with E-state index < -0.39 is 30.3 Å². The third-order valence-corrected chi connectivity index (χ3v) is 11.2. The molecule has 0 saturated carbocycles. The third-order valence-electron chi connectivity index (χ3n) is 11.2. The van der Waals surface area contributed by atoms with Crippen LogP contribution in [0.25, 0.3) is 22.3 Å². The van der Waals surface area contributed by atoms with Crippen LogP contribution in [0.4, 0.5) is 9.59 Å². The summed E-state index contributed by atoms with van der Waals surface area (Å²) >= 11 is 0. The lowest BCUT2D eigenvalue weighted by Gasteiger charge is -2.34. The molecule has 306 valence electrons. The molecule has 0 unspecified atom stereocenters. The lowest BCUT2D eigenvalue weighted by Crippen LogP contribution is -2.53. The predicted molar refractivity (Wildman–Crippen MR) is 212 cm³/mol. The molecule has 4 amide bonds. The van der Waals surface area contributed by atoms with E-state index in [4.69, 9.17) is 23.9 Å². The fourth-order valence-electron chi connectivity index (χ4n) is 7.96. The number of ether oxygens (including phenoxy) is 4. The van der Waals surface area contributed by atoms with E-state index in [1.165, 1.54) is 14.2 Å². The molecule has 4 atom stereocenters. The molecule has 0 spiro atoms. The summed E-state index contributed by atoms with van der Waals surface area (Å²) in [5.74, 6) is 7.24. The van der Waals surface area contributed by atoms with Crippen LogP contribution in [-0.4, -0.2) is 108 Å². The van der Waals surface area contributed by atoms with Crippen molar-refractivity contribution in [3.63, 3.8) is 0 Å². The number of nitrogens with one attached hydrogen (secondary N) is 5. The van der Waals surface area contributed by atoms with Crippen molar-refractivity contribution in [1.82, 2.24) is 40.8 Å². The number of carbonyl (C=O) groups excluding carboxylic acids is 4. The number of amides is 4. The number of rotatable bonds is 10. The fraction of sp³-hybridized carbons (Fsp3) is 0.476. The zero-order valence-corrected chi connectivity index (χ0v) is 33.0. The number of methoxy groups -OCH3 is 2. The molecule has 58 heavy (non-hydrogen) atoms. The maximum atomic E-state index is 14.0. The van der Waals surface area contributed by atoms with Gasteiger partial charge in [-0.3, -0.25) is 9.59 Å². The topological polar surface area (TPSA) is 202 Å². The molecule has 0 bridgehead atoms. The van der Waals surface area contributed by atoms with E-state index in [9.17, 15) is 19.2 Å². The molecule has 3 aliphatic heterocycles. The Hall–Kier alpha value is -5.92. The van der Waals surface area contributed by atoms with Crippen LogP contribution in [0.2, 0.25) is 0 Å². The molecule has 0 aliphatic carbocycles. The van der Waals surface area contributed by atoms with Gasteiger partial charge in [0.25, 0.3) is 0 Å². The van der Waals surface area contributed by atoms with Crippen LogP contribution in [0.1, 0.15) is 80.3 Å². The molecule has 5 N–H and O–H groups in total. The van der Waals surface area contributed by atoms with E-state index in [1.807, 2.05) is 54.3 Å². The lowest BCUT2D eigenvalue weighted by molar-refractivity contribution is -0.136. The first-order valence-electron chi connectivity index (χ1n) is 19.8. The number of H-pyrrole nitrogens is 2. The predicted octanol–water partition coefficient (Wildman–Crippen LogP) is 4.50. The van der Waals surface area contributed by atoms with Crippen LogP contribution in [0, 0.1) is 23.7 Å². The molecule has 3 aliphatic rings. The summed E-state index contributed by atoms with van der Waals surface area (Å²) in [6, 6.07) is 11.5. The van der Waals surface area contributed by atoms with Crippen molar-refractivity contribution < 1.29 is 38.1 Å². The van der Waals surface area contributed by atoms with Crippen LogP contribution >= 0.6 is 0 Å². The van der Waals surface area contributed by atoms with Gasteiger partial charge in [-0.25, -0.2) is 19.6 Å². The molecule has 16 heteroatoms. The molecule has 2 aromatic carbocycles. The average molecular weight is 795 g/mol. The molecule has 3 saturated heterocycles. The van der Waals surface area contributed by atoms with E-state index in [1.54, 1.807) is 6.20 Å². The van der Waals surface area contributed by atoms with Gasteiger partial charge in [-0.15, -0.1) is 0 Å². The number of fused-ring (bicyclic) bond motifs is 1. The van der Waals surface area contributed by atoms with Crippen molar-refractivity contribution in [1.29, 1.82) is 0 Å². The van der Waals surface area contributed by atoms with Crippen LogP contribution in [-0.2, 0) is 28.5 Å². The van der Waals surface area contributed by atoms with Gasteiger partial charge in [0.2, 0.25) is 11.8 Å². The number of benzene rings is 2. The van der Waals surface area contributed by atoms with E-state index in [0.717, 1.165) is 46.3 Å². The van der Waals surface area contributed by atoms with Gasteiger partial charge in [0, 0.05) is 44.1 Å². The number of nitrogens with zero attached hydrogens (tertiary/aromatic N) is 3. The standard InChI is InChI=1S/C42H50N8O8/c1-25(44-39(51)35(48-41(53)55-2)29-14-19-57-20-15-29)37-43-24-33(47-37)28-11-8-26(9-12-28)6-7-27-10-13-31-32(23-27)46-38(45-31)34-5-4-18-50(34)40(52)36(49-42(54)56-3)30-16-21-58-22-17-30/h8-13,23-25,29-30,34-36H,4-5,14-22H2,1-3H3,(H,43,47)(H,44,51)(H,45,46)(H,48,53)(H,49,54)/t25-,34-,35-,36-/m0/s1. The second-order valence-corrected chi connectivity index (χ2v) is 14.9. The molecule has 3 fully saturated rings. The summed E-state index contributed by atoms with van der Waals surface area (Å²) in [5, 5.41) is 8.47. The largest absolute Gasteiger partial charge is 0.453 e. The highest BCUT2D eigenvalue weighted by atomic mass is 16.5. The highest BCUT2D eigenvalue weighted by Crippen LogP contribution is 2.34. The van der Waals surface area contributed by atoms with Gasteiger partial charge in [-0.05, 0) is 93.2 Å². The summed E-state index contributed by atoms with van der Waals surface area (Å²) in [6.45, 7) is 4.58. The van der Waals surface area contributed by atoms with E-state index in [-0.39, 0.29) is 29.7 Å². The molecule has 2 aromatic heterocycles. The number of imidazole rings is 2. The molecular formula is C42H50N8O8. The summed E-state index contributed by atoms with van der Waals surface area (Å²) in [4.78, 5) is 69.5. The molecule has 0 radical (unpaired) electrons. The second-order valence-electron chi connectivity index (χ2n) is 14.9. The molecule has 5 heterocycles. The summed E-state index contributed by atoms with van der Waals surface area (Å²) in [6.07, 6.45) is 4.71. The second kappa shape index (κ2) is 18.6. The Labute approximate surface area is 336 Å². The molecule has 4 aromatic rings. The number of likely N-dealkylation sites (tertiary alicyclic amines) is 1. The molecular weight excluding hydrogens is 745 g/mol. The van der Waals surface area contributed by atoms with Crippen molar-refractivity contribution >= 4 is 35.0 Å². The number of hydrogen-bond acceptors (Lipinski definition) is 10. The van der Waals surface area contributed by atoms with Gasteiger partial charge in [-0.2, -0.15) is 0 Å². The Bertz CT molecular complexity index is 2140. The number of alkyl carbamates (subject to hydrolysis) is 2. The zero-order valence-electron chi connectivity index (χ0n) is 33.0. The van der Waals surface area contributed by atoms with Gasteiger partial charge in [0.15, 0.2) is 0 Å². The number of hydrogen-bond donors (Lipinski definition) is 5. The van der Waals surface area contributed by atoms with E-state index >= 15 is 0 Å². The van der Waals surface area contributed by atoms with Crippen molar-refractivity contribution in [3.05, 3.63) is 71.4 Å². The van der Waals surface area contributed by atoms with Gasteiger partial charge >= 0.3 is 12.2 Å². The first-order chi connectivity index (χ1) is 28.2. The first-order valence-corrected chi connectivity index (χ1v) is 19.8. The zero-order chi connectivity index (χ0) is 40.6. The average Bonchev–Trinajstić information content (AvgIpc) is 4.05. The molecule has 7 rings (SSSR count).